The highest BCUT2D eigenvalue weighted by atomic mass is 16.5. The second-order valence-corrected chi connectivity index (χ2v) is 6.97. The monoisotopic (exact) mass is 331 g/mol. The van der Waals surface area contributed by atoms with Crippen molar-refractivity contribution < 1.29 is 19.4 Å². The minimum Gasteiger partial charge on any atom is -0.493 e. The van der Waals surface area contributed by atoms with Gasteiger partial charge in [0.05, 0.1) is 6.61 Å². The fourth-order valence-corrected chi connectivity index (χ4v) is 3.19. The number of amides is 1. The van der Waals surface area contributed by atoms with Crippen molar-refractivity contribution >= 4 is 11.9 Å². The number of benzene rings is 1. The minimum absolute atomic E-state index is 0.0313. The summed E-state index contributed by atoms with van der Waals surface area (Å²) in [6, 6.07) is 7.37. The largest absolute Gasteiger partial charge is 0.493 e. The van der Waals surface area contributed by atoms with Crippen molar-refractivity contribution in [3.8, 4) is 5.75 Å². The normalized spacial score (nSPS) is 20.7. The van der Waals surface area contributed by atoms with Gasteiger partial charge in [0.15, 0.2) is 0 Å². The van der Waals surface area contributed by atoms with Gasteiger partial charge in [0.2, 0.25) is 0 Å². The molecule has 2 fully saturated rings. The molecule has 1 saturated carbocycles. The lowest BCUT2D eigenvalue weighted by atomic mass is 9.93. The second-order valence-electron chi connectivity index (χ2n) is 6.97. The first-order valence-corrected chi connectivity index (χ1v) is 8.86. The molecular weight excluding hydrogens is 306 g/mol. The van der Waals surface area contributed by atoms with E-state index in [-0.39, 0.29) is 12.3 Å². The van der Waals surface area contributed by atoms with Gasteiger partial charge in [-0.25, -0.2) is 0 Å². The number of carbonyl (C=O) groups excluding carboxylic acids is 1. The van der Waals surface area contributed by atoms with Gasteiger partial charge >= 0.3 is 5.97 Å². The van der Waals surface area contributed by atoms with Crippen LogP contribution in [-0.4, -0.2) is 41.6 Å². The number of piperidine rings is 1. The van der Waals surface area contributed by atoms with E-state index in [0.29, 0.717) is 30.4 Å². The maximum absolute atomic E-state index is 12.6. The van der Waals surface area contributed by atoms with Gasteiger partial charge in [0, 0.05) is 25.1 Å². The molecule has 0 radical (unpaired) electrons. The summed E-state index contributed by atoms with van der Waals surface area (Å²) in [4.78, 5) is 25.2. The van der Waals surface area contributed by atoms with E-state index in [0.717, 1.165) is 31.7 Å². The Morgan fingerprint density at radius 1 is 1.12 bits per heavy atom. The summed E-state index contributed by atoms with van der Waals surface area (Å²) in [6.45, 7) is 2.18. The maximum Gasteiger partial charge on any atom is 0.303 e. The first-order chi connectivity index (χ1) is 11.6. The van der Waals surface area contributed by atoms with E-state index in [4.69, 9.17) is 9.84 Å². The van der Waals surface area contributed by atoms with Crippen LogP contribution in [0.2, 0.25) is 0 Å². The molecule has 0 bridgehead atoms. The Balaban J connectivity index is 1.53. The Labute approximate surface area is 142 Å². The lowest BCUT2D eigenvalue weighted by Crippen LogP contribution is -2.40. The van der Waals surface area contributed by atoms with Gasteiger partial charge < -0.3 is 14.7 Å². The molecule has 0 aromatic heterocycles. The molecule has 1 aliphatic heterocycles. The molecule has 130 valence electrons. The molecule has 0 spiro atoms. The zero-order chi connectivity index (χ0) is 16.9. The lowest BCUT2D eigenvalue weighted by Gasteiger charge is -2.32. The Hall–Kier alpha value is -2.04. The highest BCUT2D eigenvalue weighted by molar-refractivity contribution is 5.94. The predicted molar refractivity (Wildman–Crippen MR) is 90.2 cm³/mol. The van der Waals surface area contributed by atoms with Crippen LogP contribution < -0.4 is 4.74 Å². The van der Waals surface area contributed by atoms with Crippen molar-refractivity contribution in [2.24, 2.45) is 11.8 Å². The Morgan fingerprint density at radius 3 is 2.54 bits per heavy atom. The molecule has 24 heavy (non-hydrogen) atoms. The van der Waals surface area contributed by atoms with Crippen LogP contribution in [0.15, 0.2) is 24.3 Å². The van der Waals surface area contributed by atoms with E-state index in [2.05, 4.69) is 0 Å². The highest BCUT2D eigenvalue weighted by Gasteiger charge is 2.25. The van der Waals surface area contributed by atoms with E-state index in [9.17, 15) is 9.59 Å². The van der Waals surface area contributed by atoms with Gasteiger partial charge in [-0.2, -0.15) is 0 Å². The van der Waals surface area contributed by atoms with Crippen molar-refractivity contribution in [2.75, 3.05) is 19.7 Å². The smallest absolute Gasteiger partial charge is 0.303 e. The van der Waals surface area contributed by atoms with Gasteiger partial charge in [-0.05, 0) is 68.2 Å². The topological polar surface area (TPSA) is 66.8 Å². The van der Waals surface area contributed by atoms with Gasteiger partial charge in [-0.1, -0.05) is 0 Å². The average molecular weight is 331 g/mol. The van der Waals surface area contributed by atoms with Gasteiger partial charge in [0.1, 0.15) is 5.75 Å². The van der Waals surface area contributed by atoms with Gasteiger partial charge in [-0.3, -0.25) is 9.59 Å². The molecule has 1 aromatic rings. The zero-order valence-electron chi connectivity index (χ0n) is 13.9. The van der Waals surface area contributed by atoms with Crippen LogP contribution in [0, 0.1) is 11.8 Å². The summed E-state index contributed by atoms with van der Waals surface area (Å²) in [7, 11) is 0. The fraction of sp³-hybridized carbons (Fsp3) is 0.579. The molecule has 1 unspecified atom stereocenters. The molecule has 1 amide bonds. The third-order valence-electron chi connectivity index (χ3n) is 4.86. The van der Waals surface area contributed by atoms with Crippen molar-refractivity contribution in [2.45, 2.75) is 38.5 Å². The molecule has 5 nitrogen and oxygen atoms in total. The van der Waals surface area contributed by atoms with Crippen molar-refractivity contribution in [1.82, 2.24) is 4.90 Å². The predicted octanol–water partition coefficient (Wildman–Crippen LogP) is 3.19. The molecule has 1 atom stereocenters. The molecule has 2 aliphatic rings. The van der Waals surface area contributed by atoms with Gasteiger partial charge in [-0.15, -0.1) is 0 Å². The van der Waals surface area contributed by atoms with E-state index < -0.39 is 5.97 Å². The zero-order valence-corrected chi connectivity index (χ0v) is 13.9. The summed E-state index contributed by atoms with van der Waals surface area (Å²) in [5, 5.41) is 8.81. The van der Waals surface area contributed by atoms with Crippen LogP contribution in [0.4, 0.5) is 0 Å². The van der Waals surface area contributed by atoms with Crippen LogP contribution in [-0.2, 0) is 4.79 Å². The number of carbonyl (C=O) groups is 2. The summed E-state index contributed by atoms with van der Waals surface area (Å²) in [6.07, 6.45) is 5.29. The van der Waals surface area contributed by atoms with E-state index >= 15 is 0 Å². The number of nitrogens with zero attached hydrogens (tertiary/aromatic N) is 1. The van der Waals surface area contributed by atoms with Crippen LogP contribution in [0.1, 0.15) is 48.9 Å². The lowest BCUT2D eigenvalue weighted by molar-refractivity contribution is -0.137. The van der Waals surface area contributed by atoms with Crippen LogP contribution in [0.3, 0.4) is 0 Å². The first-order valence-electron chi connectivity index (χ1n) is 8.86. The average Bonchev–Trinajstić information content (AvgIpc) is 3.43. The van der Waals surface area contributed by atoms with Gasteiger partial charge in [0.25, 0.3) is 5.91 Å². The number of carboxylic acid groups (broad SMARTS) is 1. The standard InChI is InChI=1S/C19H25NO4/c21-18(22)10-5-14-2-1-11-20(12-14)19(23)16-6-8-17(9-7-16)24-13-15-3-4-15/h6-9,14-15H,1-5,10-13H2,(H,21,22). The van der Waals surface area contributed by atoms with Crippen molar-refractivity contribution in [1.29, 1.82) is 0 Å². The molecule has 1 N–H and O–H groups in total. The maximum atomic E-state index is 12.6. The summed E-state index contributed by atoms with van der Waals surface area (Å²) >= 11 is 0. The molecule has 1 saturated heterocycles. The van der Waals surface area contributed by atoms with E-state index in [1.54, 1.807) is 0 Å². The van der Waals surface area contributed by atoms with Crippen molar-refractivity contribution in [3.63, 3.8) is 0 Å². The number of hydrogen-bond acceptors (Lipinski definition) is 3. The summed E-state index contributed by atoms with van der Waals surface area (Å²) < 4.78 is 5.70. The second kappa shape index (κ2) is 7.69. The van der Waals surface area contributed by atoms with E-state index in [1.807, 2.05) is 29.2 Å². The Kier molecular flexibility index (Phi) is 5.38. The molecule has 1 aliphatic carbocycles. The number of ether oxygens (including phenoxy) is 1. The molecule has 5 heteroatoms. The Morgan fingerprint density at radius 2 is 1.88 bits per heavy atom. The van der Waals surface area contributed by atoms with Crippen LogP contribution in [0.5, 0.6) is 5.75 Å². The van der Waals surface area contributed by atoms with Crippen LogP contribution in [0.25, 0.3) is 0 Å². The van der Waals surface area contributed by atoms with Crippen molar-refractivity contribution in [3.05, 3.63) is 29.8 Å². The SMILES string of the molecule is O=C(O)CCC1CCCN(C(=O)c2ccc(OCC3CC3)cc2)C1. The molecule has 3 rings (SSSR count). The fourth-order valence-electron chi connectivity index (χ4n) is 3.19. The number of rotatable bonds is 7. The number of aliphatic carboxylic acids is 1. The molecule has 1 heterocycles. The third kappa shape index (κ3) is 4.73. The molecular formula is C19H25NO4. The summed E-state index contributed by atoms with van der Waals surface area (Å²) in [5.41, 5.74) is 0.674. The summed E-state index contributed by atoms with van der Waals surface area (Å²) in [5.74, 6) is 1.09. The van der Waals surface area contributed by atoms with E-state index in [1.165, 1.54) is 12.8 Å². The molecule has 1 aromatic carbocycles. The number of hydrogen-bond donors (Lipinski definition) is 1. The first kappa shape index (κ1) is 16.8. The number of carboxylic acids is 1. The minimum atomic E-state index is -0.764. The van der Waals surface area contributed by atoms with Crippen LogP contribution >= 0.6 is 0 Å². The third-order valence-corrected chi connectivity index (χ3v) is 4.86. The highest BCUT2D eigenvalue weighted by Crippen LogP contribution is 2.29. The Bertz CT molecular complexity index is 580. The number of likely N-dealkylation sites (tertiary alicyclic amines) is 1. The quantitative estimate of drug-likeness (QED) is 0.833.